The number of carbonyl (C=O) groups is 1. The Bertz CT molecular complexity index is 486. The Balaban J connectivity index is 1.82. The van der Waals surface area contributed by atoms with E-state index in [4.69, 9.17) is 4.74 Å². The normalized spacial score (nSPS) is 21.7. The number of rotatable bonds is 2. The molecule has 1 amide bonds. The number of benzene rings is 1. The first-order valence-electron chi connectivity index (χ1n) is 6.59. The number of amides is 1. The zero-order valence-electron chi connectivity index (χ0n) is 10.7. The van der Waals surface area contributed by atoms with Crippen LogP contribution in [0.5, 0.6) is 0 Å². The van der Waals surface area contributed by atoms with Gasteiger partial charge in [0.1, 0.15) is 12.4 Å². The maximum absolute atomic E-state index is 13.2. The van der Waals surface area contributed by atoms with Crippen molar-refractivity contribution in [2.45, 2.75) is 24.9 Å². The smallest absolute Gasteiger partial charge is 0.410 e. The van der Waals surface area contributed by atoms with Crippen LogP contribution in [-0.2, 0) is 11.3 Å². The van der Waals surface area contributed by atoms with Gasteiger partial charge in [-0.1, -0.05) is 12.1 Å². The summed E-state index contributed by atoms with van der Waals surface area (Å²) in [6.45, 7) is 2.63. The predicted molar refractivity (Wildman–Crippen MR) is 68.1 cm³/mol. The lowest BCUT2D eigenvalue weighted by molar-refractivity contribution is 0.119. The molecule has 102 valence electrons. The molecule has 2 heterocycles. The van der Waals surface area contributed by atoms with Crippen molar-refractivity contribution in [3.8, 4) is 0 Å². The first kappa shape index (κ1) is 12.4. The molecule has 0 atom stereocenters. The Morgan fingerprint density at radius 2 is 2.16 bits per heavy atom. The fourth-order valence-electron chi connectivity index (χ4n) is 2.90. The molecule has 1 spiro atoms. The average molecular weight is 264 g/mol. The maximum Gasteiger partial charge on any atom is 0.410 e. The maximum atomic E-state index is 13.2. The van der Waals surface area contributed by atoms with Crippen molar-refractivity contribution in [2.24, 2.45) is 0 Å². The summed E-state index contributed by atoms with van der Waals surface area (Å²) in [5.41, 5.74) is 0.589. The van der Waals surface area contributed by atoms with Gasteiger partial charge in [-0.3, -0.25) is 4.90 Å². The zero-order valence-corrected chi connectivity index (χ0v) is 10.7. The molecule has 2 saturated heterocycles. The second kappa shape index (κ2) is 4.81. The van der Waals surface area contributed by atoms with E-state index in [0.29, 0.717) is 13.2 Å². The summed E-state index contributed by atoms with van der Waals surface area (Å²) in [5, 5.41) is 3.29. The van der Waals surface area contributed by atoms with Gasteiger partial charge < -0.3 is 10.1 Å². The molecule has 2 fully saturated rings. The highest BCUT2D eigenvalue weighted by Gasteiger charge is 2.47. The summed E-state index contributed by atoms with van der Waals surface area (Å²) < 4.78 is 18.5. The van der Waals surface area contributed by atoms with Crippen LogP contribution in [0.3, 0.4) is 0 Å². The number of hydrogen-bond donors (Lipinski definition) is 1. The number of hydrogen-bond acceptors (Lipinski definition) is 3. The highest BCUT2D eigenvalue weighted by Crippen LogP contribution is 2.33. The number of piperidine rings is 1. The number of cyclic esters (lactones) is 1. The summed E-state index contributed by atoms with van der Waals surface area (Å²) in [6.07, 6.45) is 1.48. The van der Waals surface area contributed by atoms with Crippen molar-refractivity contribution < 1.29 is 13.9 Å². The lowest BCUT2D eigenvalue weighted by Gasteiger charge is -2.38. The van der Waals surface area contributed by atoms with Crippen molar-refractivity contribution in [3.63, 3.8) is 0 Å². The minimum Gasteiger partial charge on any atom is -0.447 e. The summed E-state index contributed by atoms with van der Waals surface area (Å²) in [6, 6.07) is 6.39. The molecule has 1 N–H and O–H groups in total. The molecule has 1 aromatic carbocycles. The summed E-state index contributed by atoms with van der Waals surface area (Å²) in [5.74, 6) is -0.274. The summed E-state index contributed by atoms with van der Waals surface area (Å²) in [4.78, 5) is 13.7. The first-order chi connectivity index (χ1) is 9.20. The van der Waals surface area contributed by atoms with Crippen LogP contribution in [0.2, 0.25) is 0 Å². The number of nitrogens with zero attached hydrogens (tertiary/aromatic N) is 1. The van der Waals surface area contributed by atoms with Crippen LogP contribution in [-0.4, -0.2) is 36.2 Å². The van der Waals surface area contributed by atoms with Gasteiger partial charge in [-0.2, -0.15) is 0 Å². The molecule has 0 bridgehead atoms. The van der Waals surface area contributed by atoms with E-state index in [2.05, 4.69) is 5.32 Å². The third kappa shape index (κ3) is 2.30. The third-order valence-electron chi connectivity index (χ3n) is 4.02. The molecule has 4 nitrogen and oxygen atoms in total. The van der Waals surface area contributed by atoms with Gasteiger partial charge in [-0.05, 0) is 43.6 Å². The van der Waals surface area contributed by atoms with E-state index in [0.717, 1.165) is 31.5 Å². The third-order valence-corrected chi connectivity index (χ3v) is 4.02. The van der Waals surface area contributed by atoms with Crippen LogP contribution in [0.4, 0.5) is 9.18 Å². The van der Waals surface area contributed by atoms with E-state index < -0.39 is 0 Å². The molecule has 5 heteroatoms. The van der Waals surface area contributed by atoms with Crippen LogP contribution in [0, 0.1) is 5.82 Å². The Morgan fingerprint density at radius 1 is 1.37 bits per heavy atom. The van der Waals surface area contributed by atoms with Gasteiger partial charge in [0.2, 0.25) is 0 Å². The molecule has 0 unspecified atom stereocenters. The zero-order chi connectivity index (χ0) is 13.3. The van der Waals surface area contributed by atoms with E-state index in [1.165, 1.54) is 12.1 Å². The standard InChI is InChI=1S/C14H17FN2O2/c15-12-3-1-2-11(8-12)9-17-13(18)19-10-14(17)4-6-16-7-5-14/h1-3,8,16H,4-7,9-10H2. The lowest BCUT2D eigenvalue weighted by atomic mass is 9.88. The van der Waals surface area contributed by atoms with Crippen LogP contribution < -0.4 is 5.32 Å². The van der Waals surface area contributed by atoms with Gasteiger partial charge in [0, 0.05) is 6.54 Å². The van der Waals surface area contributed by atoms with E-state index in [9.17, 15) is 9.18 Å². The molecule has 2 aliphatic rings. The molecule has 1 aromatic rings. The van der Waals surface area contributed by atoms with E-state index in [1.54, 1.807) is 11.0 Å². The van der Waals surface area contributed by atoms with Crippen molar-refractivity contribution >= 4 is 6.09 Å². The number of ether oxygens (including phenoxy) is 1. The van der Waals surface area contributed by atoms with Gasteiger partial charge in [0.25, 0.3) is 0 Å². The molecular formula is C14H17FN2O2. The summed E-state index contributed by atoms with van der Waals surface area (Å²) in [7, 11) is 0. The van der Waals surface area contributed by atoms with E-state index >= 15 is 0 Å². The molecule has 3 rings (SSSR count). The lowest BCUT2D eigenvalue weighted by Crippen LogP contribution is -2.53. The van der Waals surface area contributed by atoms with Crippen LogP contribution in [0.1, 0.15) is 18.4 Å². The monoisotopic (exact) mass is 264 g/mol. The number of carbonyl (C=O) groups excluding carboxylic acids is 1. The first-order valence-corrected chi connectivity index (χ1v) is 6.59. The van der Waals surface area contributed by atoms with Crippen LogP contribution >= 0.6 is 0 Å². The van der Waals surface area contributed by atoms with Crippen LogP contribution in [0.25, 0.3) is 0 Å². The fraction of sp³-hybridized carbons (Fsp3) is 0.500. The van der Waals surface area contributed by atoms with Gasteiger partial charge in [-0.15, -0.1) is 0 Å². The van der Waals surface area contributed by atoms with Gasteiger partial charge in [0.05, 0.1) is 5.54 Å². The second-order valence-electron chi connectivity index (χ2n) is 5.24. The minimum absolute atomic E-state index is 0.214. The highest BCUT2D eigenvalue weighted by atomic mass is 19.1. The molecule has 2 aliphatic heterocycles. The van der Waals surface area contributed by atoms with Crippen molar-refractivity contribution in [2.75, 3.05) is 19.7 Å². The van der Waals surface area contributed by atoms with Crippen molar-refractivity contribution in [1.82, 2.24) is 10.2 Å². The minimum atomic E-state index is -0.286. The van der Waals surface area contributed by atoms with Crippen LogP contribution in [0.15, 0.2) is 24.3 Å². The molecule has 0 aliphatic carbocycles. The Kier molecular flexibility index (Phi) is 3.14. The average Bonchev–Trinajstić information content (AvgIpc) is 2.69. The van der Waals surface area contributed by atoms with Gasteiger partial charge >= 0.3 is 6.09 Å². The SMILES string of the molecule is O=C1OCC2(CCNCC2)N1Cc1cccc(F)c1. The second-order valence-corrected chi connectivity index (χ2v) is 5.24. The molecule has 0 aromatic heterocycles. The summed E-state index contributed by atoms with van der Waals surface area (Å²) >= 11 is 0. The molecular weight excluding hydrogens is 247 g/mol. The van der Waals surface area contributed by atoms with Gasteiger partial charge in [-0.25, -0.2) is 9.18 Å². The fourth-order valence-corrected chi connectivity index (χ4v) is 2.90. The molecule has 19 heavy (non-hydrogen) atoms. The Labute approximate surface area is 111 Å². The Morgan fingerprint density at radius 3 is 2.89 bits per heavy atom. The predicted octanol–water partition coefficient (Wildman–Crippen LogP) is 1.90. The van der Waals surface area contributed by atoms with Crippen molar-refractivity contribution in [3.05, 3.63) is 35.6 Å². The van der Waals surface area contributed by atoms with Crippen molar-refractivity contribution in [1.29, 1.82) is 0 Å². The highest BCUT2D eigenvalue weighted by molar-refractivity contribution is 5.71. The number of halogens is 1. The Hall–Kier alpha value is -1.62. The molecule has 0 saturated carbocycles. The number of nitrogens with one attached hydrogen (secondary N) is 1. The molecule has 0 radical (unpaired) electrons. The van der Waals surface area contributed by atoms with E-state index in [-0.39, 0.29) is 17.4 Å². The topological polar surface area (TPSA) is 41.6 Å². The van der Waals surface area contributed by atoms with Gasteiger partial charge in [0.15, 0.2) is 0 Å². The largest absolute Gasteiger partial charge is 0.447 e. The quantitative estimate of drug-likeness (QED) is 0.887. The van der Waals surface area contributed by atoms with E-state index in [1.807, 2.05) is 6.07 Å².